The Kier molecular flexibility index (Phi) is 6.58. The molecule has 0 saturated heterocycles. The van der Waals surface area contributed by atoms with Crippen molar-refractivity contribution in [3.05, 3.63) is 77.6 Å². The molecule has 0 spiro atoms. The molecule has 0 aliphatic rings. The lowest BCUT2D eigenvalue weighted by atomic mass is 10.1. The lowest BCUT2D eigenvalue weighted by molar-refractivity contribution is -0.111. The van der Waals surface area contributed by atoms with Crippen LogP contribution in [0.25, 0.3) is 6.08 Å². The maximum Gasteiger partial charge on any atom is 0.248 e. The van der Waals surface area contributed by atoms with Crippen molar-refractivity contribution in [1.29, 1.82) is 0 Å². The molecule has 29 heavy (non-hydrogen) atoms. The number of aromatic nitrogens is 2. The van der Waals surface area contributed by atoms with Crippen molar-refractivity contribution < 1.29 is 4.79 Å². The van der Waals surface area contributed by atoms with Crippen LogP contribution in [0.4, 0.5) is 23.0 Å². The van der Waals surface area contributed by atoms with E-state index in [9.17, 15) is 4.79 Å². The molecule has 6 nitrogen and oxygen atoms in total. The molecule has 0 saturated carbocycles. The van der Waals surface area contributed by atoms with Gasteiger partial charge in [0.2, 0.25) is 5.91 Å². The minimum atomic E-state index is -0.171. The van der Waals surface area contributed by atoms with E-state index in [0.29, 0.717) is 11.6 Å². The van der Waals surface area contributed by atoms with E-state index in [-0.39, 0.29) is 5.91 Å². The van der Waals surface area contributed by atoms with Crippen molar-refractivity contribution in [3.8, 4) is 0 Å². The second-order valence-corrected chi connectivity index (χ2v) is 6.60. The molecule has 0 aliphatic carbocycles. The van der Waals surface area contributed by atoms with Gasteiger partial charge in [-0.1, -0.05) is 24.3 Å². The molecule has 148 valence electrons. The predicted molar refractivity (Wildman–Crippen MR) is 120 cm³/mol. The van der Waals surface area contributed by atoms with Crippen LogP contribution in [0.3, 0.4) is 0 Å². The van der Waals surface area contributed by atoms with Crippen LogP contribution >= 0.6 is 0 Å². The van der Waals surface area contributed by atoms with Crippen LogP contribution in [0.15, 0.2) is 60.7 Å². The lowest BCUT2D eigenvalue weighted by Crippen LogP contribution is -2.07. The van der Waals surface area contributed by atoms with Gasteiger partial charge in [-0.3, -0.25) is 4.79 Å². The second-order valence-electron chi connectivity index (χ2n) is 6.60. The summed E-state index contributed by atoms with van der Waals surface area (Å²) in [5, 5.41) is 9.32. The summed E-state index contributed by atoms with van der Waals surface area (Å²) in [6.07, 6.45) is 3.36. The number of benzene rings is 2. The van der Waals surface area contributed by atoms with Crippen LogP contribution in [-0.2, 0) is 4.79 Å². The molecule has 0 radical (unpaired) electrons. The topological polar surface area (TPSA) is 78.9 Å². The molecule has 0 atom stereocenters. The molecule has 2 aromatic carbocycles. The fourth-order valence-corrected chi connectivity index (χ4v) is 2.81. The van der Waals surface area contributed by atoms with Gasteiger partial charge in [-0.25, -0.2) is 9.97 Å². The summed E-state index contributed by atoms with van der Waals surface area (Å²) in [5.74, 6) is 2.02. The first-order valence-electron chi connectivity index (χ1n) is 9.55. The van der Waals surface area contributed by atoms with Gasteiger partial charge in [0.1, 0.15) is 17.5 Å². The second kappa shape index (κ2) is 9.50. The number of rotatable bonds is 7. The molecule has 1 aromatic heterocycles. The molecular formula is C23H25N5O. The number of carbonyl (C=O) groups excluding carboxylic acids is 1. The Balaban J connectivity index is 1.61. The summed E-state index contributed by atoms with van der Waals surface area (Å²) in [4.78, 5) is 20.9. The zero-order chi connectivity index (χ0) is 20.6. The first-order chi connectivity index (χ1) is 14.0. The number of nitrogens with zero attached hydrogens (tertiary/aromatic N) is 2. The van der Waals surface area contributed by atoms with E-state index in [0.717, 1.165) is 34.9 Å². The van der Waals surface area contributed by atoms with Crippen molar-refractivity contribution in [2.45, 2.75) is 20.8 Å². The number of amides is 1. The normalized spacial score (nSPS) is 10.7. The van der Waals surface area contributed by atoms with Gasteiger partial charge < -0.3 is 16.0 Å². The molecule has 3 rings (SSSR count). The summed E-state index contributed by atoms with van der Waals surface area (Å²) in [7, 11) is 0. The molecule has 6 heteroatoms. The number of nitrogens with one attached hydrogen (secondary N) is 3. The van der Waals surface area contributed by atoms with E-state index in [4.69, 9.17) is 0 Å². The van der Waals surface area contributed by atoms with Crippen LogP contribution in [0.1, 0.15) is 23.9 Å². The summed E-state index contributed by atoms with van der Waals surface area (Å²) in [5.41, 5.74) is 3.75. The number of hydrogen-bond acceptors (Lipinski definition) is 5. The number of carbonyl (C=O) groups is 1. The minimum Gasteiger partial charge on any atom is -0.370 e. The van der Waals surface area contributed by atoms with E-state index in [1.165, 1.54) is 0 Å². The lowest BCUT2D eigenvalue weighted by Gasteiger charge is -2.10. The van der Waals surface area contributed by atoms with Crippen molar-refractivity contribution in [3.63, 3.8) is 0 Å². The standard InChI is InChI=1S/C23H25N5O/c1-4-24-21-15-22(26-17(3)25-21)27-19-10-12-20(13-11-19)28-23(29)14-9-18-8-6-5-7-16(18)2/h5-15H,4H2,1-3H3,(H,28,29)(H2,24,25,26,27)/b14-9+. The third kappa shape index (κ3) is 5.90. The fraction of sp³-hybridized carbons (Fsp3) is 0.174. The Morgan fingerprint density at radius 3 is 2.38 bits per heavy atom. The maximum absolute atomic E-state index is 12.2. The van der Waals surface area contributed by atoms with Gasteiger partial charge >= 0.3 is 0 Å². The van der Waals surface area contributed by atoms with Gasteiger partial charge in [0, 0.05) is 30.1 Å². The van der Waals surface area contributed by atoms with Crippen LogP contribution in [0, 0.1) is 13.8 Å². The average Bonchev–Trinajstić information content (AvgIpc) is 2.69. The van der Waals surface area contributed by atoms with Gasteiger partial charge in [0.05, 0.1) is 0 Å². The van der Waals surface area contributed by atoms with Crippen LogP contribution in [0.2, 0.25) is 0 Å². The highest BCUT2D eigenvalue weighted by molar-refractivity contribution is 6.02. The van der Waals surface area contributed by atoms with Crippen molar-refractivity contribution in [2.75, 3.05) is 22.5 Å². The Morgan fingerprint density at radius 1 is 0.966 bits per heavy atom. The third-order valence-electron chi connectivity index (χ3n) is 4.22. The molecule has 1 amide bonds. The van der Waals surface area contributed by atoms with E-state index >= 15 is 0 Å². The van der Waals surface area contributed by atoms with E-state index in [2.05, 4.69) is 25.9 Å². The van der Waals surface area contributed by atoms with Gasteiger partial charge in [-0.15, -0.1) is 0 Å². The molecule has 1 heterocycles. The third-order valence-corrected chi connectivity index (χ3v) is 4.22. The van der Waals surface area contributed by atoms with E-state index < -0.39 is 0 Å². The van der Waals surface area contributed by atoms with Crippen LogP contribution in [-0.4, -0.2) is 22.4 Å². The average molecular weight is 387 g/mol. The number of anilines is 4. The Bertz CT molecular complexity index is 1010. The summed E-state index contributed by atoms with van der Waals surface area (Å²) >= 11 is 0. The monoisotopic (exact) mass is 387 g/mol. The SMILES string of the molecule is CCNc1cc(Nc2ccc(NC(=O)/C=C/c3ccccc3C)cc2)nc(C)n1. The molecule has 3 N–H and O–H groups in total. The molecule has 0 bridgehead atoms. The van der Waals surface area contributed by atoms with Gasteiger partial charge in [-0.05, 0) is 62.2 Å². The largest absolute Gasteiger partial charge is 0.370 e. The highest BCUT2D eigenvalue weighted by Crippen LogP contribution is 2.20. The molecule has 0 fully saturated rings. The fourth-order valence-electron chi connectivity index (χ4n) is 2.81. The Labute approximate surface area is 171 Å². The Morgan fingerprint density at radius 2 is 1.66 bits per heavy atom. The van der Waals surface area contributed by atoms with Crippen LogP contribution < -0.4 is 16.0 Å². The van der Waals surface area contributed by atoms with Crippen LogP contribution in [0.5, 0.6) is 0 Å². The van der Waals surface area contributed by atoms with Crippen molar-refractivity contribution in [2.24, 2.45) is 0 Å². The Hall–Kier alpha value is -3.67. The predicted octanol–water partition coefficient (Wildman–Crippen LogP) is 4.92. The molecule has 0 unspecified atom stereocenters. The summed E-state index contributed by atoms with van der Waals surface area (Å²) in [6, 6.07) is 17.3. The molecular weight excluding hydrogens is 362 g/mol. The quantitative estimate of drug-likeness (QED) is 0.502. The molecule has 0 aliphatic heterocycles. The summed E-state index contributed by atoms with van der Waals surface area (Å²) < 4.78 is 0. The highest BCUT2D eigenvalue weighted by Gasteiger charge is 2.03. The van der Waals surface area contributed by atoms with Crippen molar-refractivity contribution in [1.82, 2.24) is 9.97 Å². The van der Waals surface area contributed by atoms with E-state index in [1.807, 2.05) is 81.4 Å². The number of hydrogen-bond donors (Lipinski definition) is 3. The molecule has 3 aromatic rings. The van der Waals surface area contributed by atoms with Gasteiger partial charge in [0.15, 0.2) is 0 Å². The summed E-state index contributed by atoms with van der Waals surface area (Å²) in [6.45, 7) is 6.69. The minimum absolute atomic E-state index is 0.171. The van der Waals surface area contributed by atoms with Crippen molar-refractivity contribution >= 4 is 35.0 Å². The zero-order valence-corrected chi connectivity index (χ0v) is 16.9. The van der Waals surface area contributed by atoms with Gasteiger partial charge in [0.25, 0.3) is 0 Å². The smallest absolute Gasteiger partial charge is 0.248 e. The van der Waals surface area contributed by atoms with E-state index in [1.54, 1.807) is 6.08 Å². The highest BCUT2D eigenvalue weighted by atomic mass is 16.1. The maximum atomic E-state index is 12.2. The first kappa shape index (κ1) is 20.1. The van der Waals surface area contributed by atoms with Gasteiger partial charge in [-0.2, -0.15) is 0 Å². The first-order valence-corrected chi connectivity index (χ1v) is 9.55. The number of aryl methyl sites for hydroxylation is 2. The zero-order valence-electron chi connectivity index (χ0n) is 16.9.